The Balaban J connectivity index is 3.74. The van der Waals surface area contributed by atoms with Crippen molar-refractivity contribution in [3.8, 4) is 0 Å². The van der Waals surface area contributed by atoms with E-state index in [0.717, 1.165) is 0 Å². The third-order valence-corrected chi connectivity index (χ3v) is 1.19. The molecule has 0 fully saturated rings. The van der Waals surface area contributed by atoms with E-state index in [0.29, 0.717) is 0 Å². The van der Waals surface area contributed by atoms with Crippen molar-refractivity contribution in [2.45, 2.75) is 19.1 Å². The highest BCUT2D eigenvalue weighted by atomic mass is 16.5. The Labute approximate surface area is 65.7 Å². The first kappa shape index (κ1) is 10.4. The normalized spacial score (nSPS) is 16.7. The van der Waals surface area contributed by atoms with Gasteiger partial charge in [-0.2, -0.15) is 0 Å². The van der Waals surface area contributed by atoms with Gasteiger partial charge in [-0.15, -0.1) is 0 Å². The molecule has 0 aliphatic heterocycles. The van der Waals surface area contributed by atoms with Crippen LogP contribution in [0.4, 0.5) is 0 Å². The highest BCUT2D eigenvalue weighted by Gasteiger charge is 2.16. The summed E-state index contributed by atoms with van der Waals surface area (Å²) >= 11 is 0. The van der Waals surface area contributed by atoms with E-state index in [1.807, 2.05) is 0 Å². The predicted molar refractivity (Wildman–Crippen MR) is 39.9 cm³/mol. The second kappa shape index (κ2) is 6.15. The second-order valence-corrected chi connectivity index (χ2v) is 2.08. The van der Waals surface area contributed by atoms with Crippen LogP contribution >= 0.6 is 0 Å². The molecule has 0 aliphatic carbocycles. The molecule has 2 atom stereocenters. The summed E-state index contributed by atoms with van der Waals surface area (Å²) in [5.41, 5.74) is 0. The highest BCUT2D eigenvalue weighted by Crippen LogP contribution is 1.98. The zero-order valence-corrected chi connectivity index (χ0v) is 6.47. The molecule has 1 unspecified atom stereocenters. The molecule has 0 amide bonds. The molecule has 4 nitrogen and oxygen atoms in total. The van der Waals surface area contributed by atoms with Crippen molar-refractivity contribution in [1.82, 2.24) is 0 Å². The quantitative estimate of drug-likeness (QED) is 0.465. The van der Waals surface area contributed by atoms with Gasteiger partial charge in [-0.25, -0.2) is 0 Å². The Kier molecular flexibility index (Phi) is 5.83. The van der Waals surface area contributed by atoms with E-state index in [-0.39, 0.29) is 6.61 Å². The number of rotatable bonds is 5. The lowest BCUT2D eigenvalue weighted by atomic mass is 10.2. The molecule has 0 rings (SSSR count). The number of ether oxygens (including phenoxy) is 1. The summed E-state index contributed by atoms with van der Waals surface area (Å²) < 4.78 is 4.85. The van der Waals surface area contributed by atoms with Crippen molar-refractivity contribution in [2.75, 3.05) is 13.2 Å². The molecule has 3 N–H and O–H groups in total. The standard InChI is InChI=1S/C7H14O4/c1-2-3-11-7(5-9)6(10)4-8/h2-3,6-10H,4-5H2,1H3/b3-2-/t6-,7?/m0/s1. The van der Waals surface area contributed by atoms with E-state index < -0.39 is 18.8 Å². The van der Waals surface area contributed by atoms with Gasteiger partial charge in [0.15, 0.2) is 0 Å². The van der Waals surface area contributed by atoms with Gasteiger partial charge in [0, 0.05) is 0 Å². The van der Waals surface area contributed by atoms with Crippen LogP contribution in [0.3, 0.4) is 0 Å². The molecule has 0 heterocycles. The number of hydrogen-bond donors (Lipinski definition) is 3. The van der Waals surface area contributed by atoms with Gasteiger partial charge in [0.05, 0.1) is 19.5 Å². The lowest BCUT2D eigenvalue weighted by molar-refractivity contribution is -0.0458. The van der Waals surface area contributed by atoms with E-state index in [1.165, 1.54) is 6.26 Å². The van der Waals surface area contributed by atoms with Gasteiger partial charge in [-0.1, -0.05) is 6.08 Å². The van der Waals surface area contributed by atoms with Crippen LogP contribution in [0.5, 0.6) is 0 Å². The third-order valence-electron chi connectivity index (χ3n) is 1.19. The van der Waals surface area contributed by atoms with E-state index in [9.17, 15) is 0 Å². The maximum Gasteiger partial charge on any atom is 0.149 e. The first-order valence-corrected chi connectivity index (χ1v) is 3.42. The smallest absolute Gasteiger partial charge is 0.149 e. The third kappa shape index (κ3) is 3.98. The molecule has 0 radical (unpaired) electrons. The number of allylic oxidation sites excluding steroid dienone is 1. The van der Waals surface area contributed by atoms with Crippen molar-refractivity contribution in [2.24, 2.45) is 0 Å². The number of aliphatic hydroxyl groups excluding tert-OH is 3. The van der Waals surface area contributed by atoms with Gasteiger partial charge < -0.3 is 20.1 Å². The fourth-order valence-corrected chi connectivity index (χ4v) is 0.552. The SMILES string of the molecule is C/C=C\OC(CO)[C@@H](O)CO. The van der Waals surface area contributed by atoms with E-state index >= 15 is 0 Å². The predicted octanol–water partition coefficient (Wildman–Crippen LogP) is -0.749. The minimum absolute atomic E-state index is 0.313. The topological polar surface area (TPSA) is 69.9 Å². The van der Waals surface area contributed by atoms with E-state index in [4.69, 9.17) is 20.1 Å². The molecule has 11 heavy (non-hydrogen) atoms. The summed E-state index contributed by atoms with van der Waals surface area (Å²) in [5, 5.41) is 26.1. The summed E-state index contributed by atoms with van der Waals surface area (Å²) in [6.07, 6.45) is 1.22. The van der Waals surface area contributed by atoms with Gasteiger partial charge in [-0.3, -0.25) is 0 Å². The molecule has 0 saturated carbocycles. The zero-order valence-electron chi connectivity index (χ0n) is 6.47. The molecule has 0 aromatic rings. The van der Waals surface area contributed by atoms with Crippen molar-refractivity contribution < 1.29 is 20.1 Å². The van der Waals surface area contributed by atoms with Crippen LogP contribution in [0, 0.1) is 0 Å². The Bertz CT molecular complexity index is 113. The number of aliphatic hydroxyl groups is 3. The van der Waals surface area contributed by atoms with E-state index in [2.05, 4.69) is 0 Å². The maximum atomic E-state index is 8.98. The molecule has 0 aromatic heterocycles. The summed E-state index contributed by atoms with van der Waals surface area (Å²) in [6, 6.07) is 0. The largest absolute Gasteiger partial charge is 0.493 e. The van der Waals surface area contributed by atoms with Crippen LogP contribution in [-0.4, -0.2) is 40.7 Å². The Hall–Kier alpha value is -0.580. The zero-order chi connectivity index (χ0) is 8.69. The molecule has 0 aliphatic rings. The first-order chi connectivity index (χ1) is 5.26. The molecule has 4 heteroatoms. The first-order valence-electron chi connectivity index (χ1n) is 3.42. The van der Waals surface area contributed by atoms with Gasteiger partial charge in [0.1, 0.15) is 12.2 Å². The average Bonchev–Trinajstić information content (AvgIpc) is 2.05. The van der Waals surface area contributed by atoms with Crippen LogP contribution in [0.15, 0.2) is 12.3 Å². The van der Waals surface area contributed by atoms with Crippen LogP contribution < -0.4 is 0 Å². The van der Waals surface area contributed by atoms with Crippen molar-refractivity contribution >= 4 is 0 Å². The van der Waals surface area contributed by atoms with Crippen LogP contribution in [0.1, 0.15) is 6.92 Å². The second-order valence-electron chi connectivity index (χ2n) is 2.08. The fourth-order valence-electron chi connectivity index (χ4n) is 0.552. The van der Waals surface area contributed by atoms with Crippen LogP contribution in [-0.2, 0) is 4.74 Å². The molecule has 66 valence electrons. The molecule has 0 bridgehead atoms. The van der Waals surface area contributed by atoms with Crippen molar-refractivity contribution in [3.05, 3.63) is 12.3 Å². The summed E-state index contributed by atoms with van der Waals surface area (Å²) in [6.45, 7) is 1.02. The van der Waals surface area contributed by atoms with Gasteiger partial charge in [0.2, 0.25) is 0 Å². The Morgan fingerprint density at radius 1 is 1.36 bits per heavy atom. The summed E-state index contributed by atoms with van der Waals surface area (Å²) in [4.78, 5) is 0. The van der Waals surface area contributed by atoms with Gasteiger partial charge in [-0.05, 0) is 6.92 Å². The van der Waals surface area contributed by atoms with E-state index in [1.54, 1.807) is 13.0 Å². The summed E-state index contributed by atoms with van der Waals surface area (Å²) in [7, 11) is 0. The molecular formula is C7H14O4. The fraction of sp³-hybridized carbons (Fsp3) is 0.714. The van der Waals surface area contributed by atoms with Gasteiger partial charge in [0.25, 0.3) is 0 Å². The molecular weight excluding hydrogens is 148 g/mol. The minimum Gasteiger partial charge on any atom is -0.493 e. The average molecular weight is 162 g/mol. The van der Waals surface area contributed by atoms with Crippen LogP contribution in [0.2, 0.25) is 0 Å². The van der Waals surface area contributed by atoms with Gasteiger partial charge >= 0.3 is 0 Å². The lowest BCUT2D eigenvalue weighted by Gasteiger charge is -2.17. The van der Waals surface area contributed by atoms with Crippen molar-refractivity contribution in [1.29, 1.82) is 0 Å². The monoisotopic (exact) mass is 162 g/mol. The van der Waals surface area contributed by atoms with Crippen LogP contribution in [0.25, 0.3) is 0 Å². The Morgan fingerprint density at radius 3 is 2.36 bits per heavy atom. The number of hydrogen-bond acceptors (Lipinski definition) is 4. The lowest BCUT2D eigenvalue weighted by Crippen LogP contribution is -2.33. The van der Waals surface area contributed by atoms with Crippen molar-refractivity contribution in [3.63, 3.8) is 0 Å². The minimum atomic E-state index is -1.03. The Morgan fingerprint density at radius 2 is 2.00 bits per heavy atom. The summed E-state index contributed by atoms with van der Waals surface area (Å²) in [5.74, 6) is 0. The molecule has 0 aromatic carbocycles. The molecule has 0 saturated heterocycles. The molecule has 0 spiro atoms. The highest BCUT2D eigenvalue weighted by molar-refractivity contribution is 4.73. The maximum absolute atomic E-state index is 8.98.